The fourth-order valence-corrected chi connectivity index (χ4v) is 1.10. The van der Waals surface area contributed by atoms with Crippen molar-refractivity contribution in [3.63, 3.8) is 0 Å². The summed E-state index contributed by atoms with van der Waals surface area (Å²) in [6, 6.07) is 5.94. The monoisotopic (exact) mass is 210 g/mol. The van der Waals surface area contributed by atoms with Gasteiger partial charge >= 0.3 is 0 Å². The first-order valence-electron chi connectivity index (χ1n) is 5.04. The molecule has 1 atom stereocenters. The molecule has 15 heavy (non-hydrogen) atoms. The second-order valence-electron chi connectivity index (χ2n) is 3.43. The van der Waals surface area contributed by atoms with Crippen LogP contribution < -0.4 is 0 Å². The highest BCUT2D eigenvalue weighted by Gasteiger charge is 2.11. The van der Waals surface area contributed by atoms with Crippen molar-refractivity contribution in [2.24, 2.45) is 0 Å². The van der Waals surface area contributed by atoms with Crippen molar-refractivity contribution in [3.05, 3.63) is 35.6 Å². The standard InChI is InChI=1S/C12H15FO2/c1-3-9(2)15-8-12(14)10-6-4-5-7-11(10)13/h4-7,9H,3,8H2,1-2H3. The highest BCUT2D eigenvalue weighted by atomic mass is 19.1. The number of carbonyl (C=O) groups excluding carboxylic acids is 1. The molecule has 0 aliphatic rings. The summed E-state index contributed by atoms with van der Waals surface area (Å²) in [6.07, 6.45) is 0.866. The number of Topliss-reactive ketones (excluding diaryl/α,β-unsaturated/α-hetero) is 1. The SMILES string of the molecule is CCC(C)OCC(=O)c1ccccc1F. The Morgan fingerprint density at radius 3 is 2.73 bits per heavy atom. The first-order valence-corrected chi connectivity index (χ1v) is 5.04. The summed E-state index contributed by atoms with van der Waals surface area (Å²) in [6.45, 7) is 3.79. The summed E-state index contributed by atoms with van der Waals surface area (Å²) in [5, 5.41) is 0. The van der Waals surface area contributed by atoms with E-state index in [9.17, 15) is 9.18 Å². The molecule has 0 bridgehead atoms. The minimum Gasteiger partial charge on any atom is -0.370 e. The molecule has 0 heterocycles. The molecule has 1 aromatic rings. The zero-order valence-corrected chi connectivity index (χ0v) is 9.00. The minimum absolute atomic E-state index is 0.0284. The largest absolute Gasteiger partial charge is 0.370 e. The molecule has 3 heteroatoms. The Morgan fingerprint density at radius 1 is 1.47 bits per heavy atom. The van der Waals surface area contributed by atoms with Crippen LogP contribution in [0.2, 0.25) is 0 Å². The van der Waals surface area contributed by atoms with E-state index in [1.165, 1.54) is 12.1 Å². The molecular weight excluding hydrogens is 195 g/mol. The van der Waals surface area contributed by atoms with Crippen molar-refractivity contribution in [1.29, 1.82) is 0 Å². The molecule has 0 aromatic heterocycles. The normalized spacial score (nSPS) is 12.5. The van der Waals surface area contributed by atoms with E-state index in [1.807, 2.05) is 13.8 Å². The van der Waals surface area contributed by atoms with Crippen LogP contribution in [-0.2, 0) is 4.74 Å². The Labute approximate surface area is 89.1 Å². The van der Waals surface area contributed by atoms with E-state index in [-0.39, 0.29) is 24.1 Å². The van der Waals surface area contributed by atoms with Gasteiger partial charge in [-0.15, -0.1) is 0 Å². The Hall–Kier alpha value is -1.22. The van der Waals surface area contributed by atoms with Gasteiger partial charge < -0.3 is 4.74 Å². The molecule has 1 aromatic carbocycles. The number of carbonyl (C=O) groups is 1. The van der Waals surface area contributed by atoms with Gasteiger partial charge in [0.1, 0.15) is 12.4 Å². The molecule has 0 aliphatic carbocycles. The number of hydrogen-bond acceptors (Lipinski definition) is 2. The zero-order valence-electron chi connectivity index (χ0n) is 9.00. The molecule has 0 aliphatic heterocycles. The van der Waals surface area contributed by atoms with Crippen LogP contribution in [0.5, 0.6) is 0 Å². The first kappa shape index (κ1) is 11.9. The highest BCUT2D eigenvalue weighted by molar-refractivity contribution is 5.97. The van der Waals surface area contributed by atoms with Crippen molar-refractivity contribution in [3.8, 4) is 0 Å². The van der Waals surface area contributed by atoms with Crippen LogP contribution in [-0.4, -0.2) is 18.5 Å². The van der Waals surface area contributed by atoms with Gasteiger partial charge in [0.2, 0.25) is 0 Å². The topological polar surface area (TPSA) is 26.3 Å². The lowest BCUT2D eigenvalue weighted by Gasteiger charge is -2.09. The average Bonchev–Trinajstić information content (AvgIpc) is 2.26. The summed E-state index contributed by atoms with van der Waals surface area (Å²) >= 11 is 0. The molecule has 0 saturated heterocycles. The summed E-state index contributed by atoms with van der Waals surface area (Å²) in [4.78, 5) is 11.5. The highest BCUT2D eigenvalue weighted by Crippen LogP contribution is 2.08. The fourth-order valence-electron chi connectivity index (χ4n) is 1.10. The molecular formula is C12H15FO2. The van der Waals surface area contributed by atoms with Gasteiger partial charge in [0.15, 0.2) is 5.78 Å². The number of ether oxygens (including phenoxy) is 1. The Bertz CT molecular complexity index is 336. The second-order valence-corrected chi connectivity index (χ2v) is 3.43. The van der Waals surface area contributed by atoms with Crippen LogP contribution in [0.4, 0.5) is 4.39 Å². The van der Waals surface area contributed by atoms with Gasteiger partial charge in [-0.25, -0.2) is 4.39 Å². The number of ketones is 1. The Balaban J connectivity index is 2.58. The van der Waals surface area contributed by atoms with Crippen LogP contribution in [0, 0.1) is 5.82 Å². The van der Waals surface area contributed by atoms with E-state index in [4.69, 9.17) is 4.74 Å². The van der Waals surface area contributed by atoms with Crippen molar-refractivity contribution in [2.45, 2.75) is 26.4 Å². The molecule has 82 valence electrons. The van der Waals surface area contributed by atoms with Crippen LogP contribution in [0.3, 0.4) is 0 Å². The maximum absolute atomic E-state index is 13.2. The van der Waals surface area contributed by atoms with E-state index >= 15 is 0 Å². The summed E-state index contributed by atoms with van der Waals surface area (Å²) < 4.78 is 18.4. The lowest BCUT2D eigenvalue weighted by molar-refractivity contribution is 0.0508. The van der Waals surface area contributed by atoms with Gasteiger partial charge in [0.05, 0.1) is 11.7 Å². The van der Waals surface area contributed by atoms with Crippen LogP contribution in [0.15, 0.2) is 24.3 Å². The maximum atomic E-state index is 13.2. The Morgan fingerprint density at radius 2 is 2.13 bits per heavy atom. The van der Waals surface area contributed by atoms with Crippen LogP contribution >= 0.6 is 0 Å². The van der Waals surface area contributed by atoms with E-state index in [0.717, 1.165) is 6.42 Å². The van der Waals surface area contributed by atoms with Crippen LogP contribution in [0.25, 0.3) is 0 Å². The average molecular weight is 210 g/mol. The number of benzene rings is 1. The first-order chi connectivity index (χ1) is 7.15. The molecule has 0 saturated carbocycles. The van der Waals surface area contributed by atoms with Crippen molar-refractivity contribution in [2.75, 3.05) is 6.61 Å². The number of halogens is 1. The van der Waals surface area contributed by atoms with Gasteiger partial charge in [0, 0.05) is 0 Å². The van der Waals surface area contributed by atoms with E-state index in [1.54, 1.807) is 12.1 Å². The third kappa shape index (κ3) is 3.44. The molecule has 0 fully saturated rings. The molecule has 0 spiro atoms. The summed E-state index contributed by atoms with van der Waals surface area (Å²) in [5.74, 6) is -0.802. The van der Waals surface area contributed by atoms with Crippen LogP contribution in [0.1, 0.15) is 30.6 Å². The third-order valence-corrected chi connectivity index (χ3v) is 2.25. The lowest BCUT2D eigenvalue weighted by Crippen LogP contribution is -2.16. The Kier molecular flexibility index (Phi) is 4.43. The summed E-state index contributed by atoms with van der Waals surface area (Å²) in [7, 11) is 0. The van der Waals surface area contributed by atoms with Gasteiger partial charge in [-0.1, -0.05) is 19.1 Å². The molecule has 0 amide bonds. The molecule has 0 radical (unpaired) electrons. The van der Waals surface area contributed by atoms with Gasteiger partial charge in [0.25, 0.3) is 0 Å². The second kappa shape index (κ2) is 5.61. The van der Waals surface area contributed by atoms with Gasteiger partial charge in [-0.05, 0) is 25.5 Å². The predicted octanol–water partition coefficient (Wildman–Crippen LogP) is 2.82. The molecule has 1 unspecified atom stereocenters. The van der Waals surface area contributed by atoms with E-state index < -0.39 is 5.82 Å². The minimum atomic E-state index is -0.491. The predicted molar refractivity (Wildman–Crippen MR) is 56.4 cm³/mol. The van der Waals surface area contributed by atoms with Crippen molar-refractivity contribution < 1.29 is 13.9 Å². The van der Waals surface area contributed by atoms with E-state index in [0.29, 0.717) is 0 Å². The molecule has 0 N–H and O–H groups in total. The maximum Gasteiger partial charge on any atom is 0.191 e. The third-order valence-electron chi connectivity index (χ3n) is 2.25. The number of hydrogen-bond donors (Lipinski definition) is 0. The molecule has 2 nitrogen and oxygen atoms in total. The van der Waals surface area contributed by atoms with Gasteiger partial charge in [-0.3, -0.25) is 4.79 Å². The summed E-state index contributed by atoms with van der Waals surface area (Å²) in [5.41, 5.74) is 0.0980. The smallest absolute Gasteiger partial charge is 0.191 e. The van der Waals surface area contributed by atoms with Crippen molar-refractivity contribution in [1.82, 2.24) is 0 Å². The quantitative estimate of drug-likeness (QED) is 0.698. The fraction of sp³-hybridized carbons (Fsp3) is 0.417. The van der Waals surface area contributed by atoms with E-state index in [2.05, 4.69) is 0 Å². The van der Waals surface area contributed by atoms with Crippen molar-refractivity contribution >= 4 is 5.78 Å². The number of rotatable bonds is 5. The molecule has 1 rings (SSSR count). The zero-order chi connectivity index (χ0) is 11.3. The van der Waals surface area contributed by atoms with Gasteiger partial charge in [-0.2, -0.15) is 0 Å². The lowest BCUT2D eigenvalue weighted by atomic mass is 10.1.